The number of nitrogens with zero attached hydrogens (tertiary/aromatic N) is 7. The van der Waals surface area contributed by atoms with Gasteiger partial charge in [-0.15, -0.1) is 11.7 Å². The fourth-order valence-corrected chi connectivity index (χ4v) is 2.83. The number of benzene rings is 1. The van der Waals surface area contributed by atoms with Gasteiger partial charge in [0.2, 0.25) is 17.1 Å². The third-order valence-electron chi connectivity index (χ3n) is 3.18. The second-order valence-electron chi connectivity index (χ2n) is 4.98. The lowest BCUT2D eigenvalue weighted by atomic mass is 10.3. The Morgan fingerprint density at radius 1 is 1.31 bits per heavy atom. The van der Waals surface area contributed by atoms with E-state index < -0.39 is 0 Å². The third-order valence-corrected chi connectivity index (χ3v) is 4.14. The molecule has 10 nitrogen and oxygen atoms in total. The number of nitrogen functional groups attached to an aromatic ring is 1. The van der Waals surface area contributed by atoms with Crippen LogP contribution in [0.1, 0.15) is 5.82 Å². The highest BCUT2D eigenvalue weighted by Crippen LogP contribution is 2.26. The van der Waals surface area contributed by atoms with E-state index in [1.165, 1.54) is 11.8 Å². The SMILES string of the molecule is C=CCn1nnnc1SCc1nc(N)nc(Nc2ccccc2OC)n1. The second kappa shape index (κ2) is 8.25. The van der Waals surface area contributed by atoms with Gasteiger partial charge in [-0.3, -0.25) is 0 Å². The summed E-state index contributed by atoms with van der Waals surface area (Å²) >= 11 is 1.40. The fraction of sp³-hybridized carbons (Fsp3) is 0.200. The maximum absolute atomic E-state index is 5.81. The second-order valence-corrected chi connectivity index (χ2v) is 5.92. The zero-order valence-electron chi connectivity index (χ0n) is 14.0. The first kappa shape index (κ1) is 17.6. The molecule has 0 radical (unpaired) electrons. The van der Waals surface area contributed by atoms with Crippen LogP contribution in [-0.4, -0.2) is 42.3 Å². The van der Waals surface area contributed by atoms with Crippen LogP contribution in [-0.2, 0) is 12.3 Å². The van der Waals surface area contributed by atoms with Gasteiger partial charge in [-0.1, -0.05) is 30.0 Å². The average Bonchev–Trinajstić information content (AvgIpc) is 3.07. The molecule has 0 aliphatic rings. The minimum Gasteiger partial charge on any atom is -0.495 e. The van der Waals surface area contributed by atoms with Crippen molar-refractivity contribution >= 4 is 29.3 Å². The first-order valence-electron chi connectivity index (χ1n) is 7.60. The molecule has 0 fully saturated rings. The molecule has 3 N–H and O–H groups in total. The fourth-order valence-electron chi connectivity index (χ4n) is 2.09. The number of allylic oxidation sites excluding steroid dienone is 1. The number of ether oxygens (including phenoxy) is 1. The number of tetrazole rings is 1. The van der Waals surface area contributed by atoms with E-state index >= 15 is 0 Å². The lowest BCUT2D eigenvalue weighted by Gasteiger charge is -2.10. The van der Waals surface area contributed by atoms with Crippen LogP contribution in [0.15, 0.2) is 42.1 Å². The van der Waals surface area contributed by atoms with E-state index in [0.717, 1.165) is 5.69 Å². The van der Waals surface area contributed by atoms with E-state index in [1.54, 1.807) is 17.9 Å². The predicted molar refractivity (Wildman–Crippen MR) is 98.1 cm³/mol. The molecule has 0 saturated carbocycles. The zero-order valence-corrected chi connectivity index (χ0v) is 14.8. The molecule has 0 spiro atoms. The lowest BCUT2D eigenvalue weighted by molar-refractivity contribution is 0.417. The standard InChI is InChI=1S/C15H17N9OS/c1-3-8-24-15(21-22-23-24)26-9-12-18-13(16)20-14(19-12)17-10-6-4-5-7-11(10)25-2/h3-7H,1,8-9H2,2H3,(H3,16,17,18,19,20). The van der Waals surface area contributed by atoms with Crippen molar-refractivity contribution in [2.24, 2.45) is 0 Å². The Hall–Kier alpha value is -3.21. The van der Waals surface area contributed by atoms with Crippen molar-refractivity contribution in [1.29, 1.82) is 0 Å². The maximum Gasteiger partial charge on any atom is 0.232 e. The Kier molecular flexibility index (Phi) is 5.59. The number of nitrogens with two attached hydrogens (primary N) is 1. The summed E-state index contributed by atoms with van der Waals surface area (Å²) in [4.78, 5) is 12.7. The van der Waals surface area contributed by atoms with Crippen LogP contribution >= 0.6 is 11.8 Å². The van der Waals surface area contributed by atoms with E-state index in [9.17, 15) is 0 Å². The third kappa shape index (κ3) is 4.25. The van der Waals surface area contributed by atoms with E-state index in [2.05, 4.69) is 42.4 Å². The highest BCUT2D eigenvalue weighted by Gasteiger charge is 2.11. The van der Waals surface area contributed by atoms with Crippen LogP contribution in [0.3, 0.4) is 0 Å². The summed E-state index contributed by atoms with van der Waals surface area (Å²) < 4.78 is 6.94. The van der Waals surface area contributed by atoms with Crippen molar-refractivity contribution < 1.29 is 4.74 Å². The molecule has 3 aromatic rings. The number of thioether (sulfide) groups is 1. The lowest BCUT2D eigenvalue weighted by Crippen LogP contribution is -2.07. The minimum atomic E-state index is 0.124. The smallest absolute Gasteiger partial charge is 0.232 e. The molecule has 0 unspecified atom stereocenters. The van der Waals surface area contributed by atoms with Gasteiger partial charge in [0.05, 0.1) is 25.1 Å². The topological polar surface area (TPSA) is 130 Å². The van der Waals surface area contributed by atoms with Gasteiger partial charge < -0.3 is 15.8 Å². The number of hydrogen-bond donors (Lipinski definition) is 2. The monoisotopic (exact) mass is 371 g/mol. The Morgan fingerprint density at radius 2 is 2.15 bits per heavy atom. The van der Waals surface area contributed by atoms with Gasteiger partial charge in [0.15, 0.2) is 0 Å². The zero-order chi connectivity index (χ0) is 18.4. The summed E-state index contributed by atoms with van der Waals surface area (Å²) in [6.07, 6.45) is 1.72. The van der Waals surface area contributed by atoms with Crippen LogP contribution in [0, 0.1) is 0 Å². The first-order valence-corrected chi connectivity index (χ1v) is 8.58. The van der Waals surface area contributed by atoms with Crippen molar-refractivity contribution in [2.75, 3.05) is 18.2 Å². The minimum absolute atomic E-state index is 0.124. The van der Waals surface area contributed by atoms with Gasteiger partial charge in [-0.25, -0.2) is 4.68 Å². The highest BCUT2D eigenvalue weighted by molar-refractivity contribution is 7.98. The van der Waals surface area contributed by atoms with Gasteiger partial charge in [-0.05, 0) is 22.6 Å². The molecule has 2 heterocycles. The average molecular weight is 371 g/mol. The Labute approximate surface area is 153 Å². The number of anilines is 3. The van der Waals surface area contributed by atoms with E-state index in [-0.39, 0.29) is 5.95 Å². The largest absolute Gasteiger partial charge is 0.495 e. The molecule has 134 valence electrons. The summed E-state index contributed by atoms with van der Waals surface area (Å²) in [7, 11) is 1.60. The summed E-state index contributed by atoms with van der Waals surface area (Å²) in [6.45, 7) is 4.20. The number of hydrogen-bond acceptors (Lipinski definition) is 10. The van der Waals surface area contributed by atoms with Crippen LogP contribution in [0.4, 0.5) is 17.6 Å². The van der Waals surface area contributed by atoms with Gasteiger partial charge in [-0.2, -0.15) is 15.0 Å². The molecule has 0 bridgehead atoms. The number of rotatable bonds is 8. The molecule has 11 heteroatoms. The van der Waals surface area contributed by atoms with Crippen LogP contribution < -0.4 is 15.8 Å². The molecule has 3 rings (SSSR count). The van der Waals surface area contributed by atoms with Crippen molar-refractivity contribution in [1.82, 2.24) is 35.2 Å². The predicted octanol–water partition coefficient (Wildman–Crippen LogP) is 1.67. The first-order chi connectivity index (χ1) is 12.7. The van der Waals surface area contributed by atoms with E-state index in [1.807, 2.05) is 24.3 Å². The molecular formula is C15H17N9OS. The Morgan fingerprint density at radius 3 is 2.96 bits per heavy atom. The van der Waals surface area contributed by atoms with Crippen LogP contribution in [0.5, 0.6) is 5.75 Å². The summed E-state index contributed by atoms with van der Waals surface area (Å²) in [5.41, 5.74) is 6.54. The van der Waals surface area contributed by atoms with Gasteiger partial charge in [0.1, 0.15) is 11.6 Å². The quantitative estimate of drug-likeness (QED) is 0.445. The molecular weight excluding hydrogens is 354 g/mol. The van der Waals surface area contributed by atoms with Crippen molar-refractivity contribution in [3.63, 3.8) is 0 Å². The van der Waals surface area contributed by atoms with Gasteiger partial charge in [0, 0.05) is 0 Å². The number of aromatic nitrogens is 7. The molecule has 26 heavy (non-hydrogen) atoms. The summed E-state index contributed by atoms with van der Waals surface area (Å²) in [5.74, 6) is 2.08. The summed E-state index contributed by atoms with van der Waals surface area (Å²) in [5, 5.41) is 15.2. The molecule has 0 saturated heterocycles. The molecule has 2 aromatic heterocycles. The van der Waals surface area contributed by atoms with E-state index in [0.29, 0.717) is 35.0 Å². The molecule has 0 atom stereocenters. The molecule has 0 amide bonds. The molecule has 1 aromatic carbocycles. The summed E-state index contributed by atoms with van der Waals surface area (Å²) in [6, 6.07) is 7.45. The van der Waals surface area contributed by atoms with Crippen LogP contribution in [0.25, 0.3) is 0 Å². The molecule has 0 aliphatic carbocycles. The van der Waals surface area contributed by atoms with Gasteiger partial charge >= 0.3 is 0 Å². The van der Waals surface area contributed by atoms with Crippen molar-refractivity contribution in [3.05, 3.63) is 42.7 Å². The molecule has 0 aliphatic heterocycles. The number of methoxy groups -OCH3 is 1. The number of nitrogens with one attached hydrogen (secondary N) is 1. The Balaban J connectivity index is 1.75. The van der Waals surface area contributed by atoms with Crippen molar-refractivity contribution in [2.45, 2.75) is 17.5 Å². The van der Waals surface area contributed by atoms with Gasteiger partial charge in [0.25, 0.3) is 0 Å². The highest BCUT2D eigenvalue weighted by atomic mass is 32.2. The normalized spacial score (nSPS) is 10.5. The van der Waals surface area contributed by atoms with Crippen molar-refractivity contribution in [3.8, 4) is 5.75 Å². The maximum atomic E-state index is 5.81. The number of para-hydroxylation sites is 2. The van der Waals surface area contributed by atoms with E-state index in [4.69, 9.17) is 10.5 Å². The van der Waals surface area contributed by atoms with Crippen LogP contribution in [0.2, 0.25) is 0 Å². The Bertz CT molecular complexity index is 898.